The summed E-state index contributed by atoms with van der Waals surface area (Å²) in [4.78, 5) is 19.9. The number of hydrogen-bond acceptors (Lipinski definition) is 8. The van der Waals surface area contributed by atoms with Gasteiger partial charge in [0.2, 0.25) is 0 Å². The van der Waals surface area contributed by atoms with Crippen molar-refractivity contribution in [1.29, 1.82) is 0 Å². The summed E-state index contributed by atoms with van der Waals surface area (Å²) in [5.41, 5.74) is -0.823. The average Bonchev–Trinajstić information content (AvgIpc) is 2.45. The quantitative estimate of drug-likeness (QED) is 0.267. The molecule has 8 nitrogen and oxygen atoms in total. The molecule has 0 rings (SSSR count). The SMILES string of the molecule is CC(C)(CCCCOOO)OOC(C)(C)CCCCOOO. The van der Waals surface area contributed by atoms with Gasteiger partial charge in [-0.1, -0.05) is 10.1 Å². The summed E-state index contributed by atoms with van der Waals surface area (Å²) in [6.07, 6.45) is 4.81. The Morgan fingerprint density at radius 1 is 0.636 bits per heavy atom. The first-order valence-corrected chi connectivity index (χ1v) is 7.56. The minimum atomic E-state index is -0.412. The predicted octanol–water partition coefficient (Wildman–Crippen LogP) is 3.67. The minimum absolute atomic E-state index is 0.332. The zero-order valence-corrected chi connectivity index (χ0v) is 14.0. The maximum Gasteiger partial charge on any atom is 0.0980 e. The van der Waals surface area contributed by atoms with Crippen molar-refractivity contribution in [3.8, 4) is 0 Å². The Labute approximate surface area is 131 Å². The summed E-state index contributed by atoms with van der Waals surface area (Å²) in [5.74, 6) is 0. The van der Waals surface area contributed by atoms with Crippen LogP contribution in [0, 0.1) is 0 Å². The summed E-state index contributed by atoms with van der Waals surface area (Å²) in [7, 11) is 0. The van der Waals surface area contributed by atoms with E-state index in [-0.39, 0.29) is 0 Å². The van der Waals surface area contributed by atoms with Gasteiger partial charge in [-0.3, -0.25) is 0 Å². The molecule has 0 aliphatic carbocycles. The van der Waals surface area contributed by atoms with Crippen LogP contribution in [0.15, 0.2) is 0 Å². The highest BCUT2D eigenvalue weighted by Crippen LogP contribution is 2.25. The summed E-state index contributed by atoms with van der Waals surface area (Å²) >= 11 is 0. The Morgan fingerprint density at radius 3 is 1.32 bits per heavy atom. The lowest BCUT2D eigenvalue weighted by Crippen LogP contribution is -2.32. The van der Waals surface area contributed by atoms with E-state index in [1.54, 1.807) is 0 Å². The van der Waals surface area contributed by atoms with Crippen molar-refractivity contribution in [2.24, 2.45) is 0 Å². The van der Waals surface area contributed by atoms with E-state index < -0.39 is 11.2 Å². The van der Waals surface area contributed by atoms with Gasteiger partial charge in [0.1, 0.15) is 0 Å². The van der Waals surface area contributed by atoms with E-state index in [1.165, 1.54) is 0 Å². The van der Waals surface area contributed by atoms with Crippen molar-refractivity contribution in [1.82, 2.24) is 0 Å². The first-order chi connectivity index (χ1) is 10.3. The standard InChI is InChI=1S/C14H30O8/c1-13(2,9-5-7-11-17-21-15)19-20-14(3,4)10-6-8-12-18-22-16/h15-16H,5-12H2,1-4H3. The monoisotopic (exact) mass is 326 g/mol. The topological polar surface area (TPSA) is 95.8 Å². The second kappa shape index (κ2) is 12.1. The molecule has 0 aromatic carbocycles. The minimum Gasteiger partial charge on any atom is -0.230 e. The average molecular weight is 326 g/mol. The third kappa shape index (κ3) is 13.4. The van der Waals surface area contributed by atoms with Crippen LogP contribution in [-0.2, 0) is 29.6 Å². The lowest BCUT2D eigenvalue weighted by atomic mass is 10.0. The molecular formula is C14H30O8. The molecule has 2 N–H and O–H groups in total. The van der Waals surface area contributed by atoms with Gasteiger partial charge in [-0.2, -0.15) is 0 Å². The van der Waals surface area contributed by atoms with E-state index in [0.717, 1.165) is 38.5 Å². The molecule has 0 amide bonds. The van der Waals surface area contributed by atoms with Crippen molar-refractivity contribution in [2.75, 3.05) is 13.2 Å². The predicted molar refractivity (Wildman–Crippen MR) is 77.4 cm³/mol. The van der Waals surface area contributed by atoms with E-state index in [9.17, 15) is 0 Å². The molecule has 0 spiro atoms. The highest BCUT2D eigenvalue weighted by atomic mass is 17.5. The van der Waals surface area contributed by atoms with Gasteiger partial charge in [-0.05, 0) is 66.2 Å². The van der Waals surface area contributed by atoms with Crippen LogP contribution in [0.3, 0.4) is 0 Å². The maximum absolute atomic E-state index is 8.02. The van der Waals surface area contributed by atoms with Crippen LogP contribution < -0.4 is 0 Å². The summed E-state index contributed by atoms with van der Waals surface area (Å²) in [6, 6.07) is 0. The molecule has 0 bridgehead atoms. The molecule has 22 heavy (non-hydrogen) atoms. The molecule has 8 heteroatoms. The molecule has 0 radical (unpaired) electrons. The number of hydrogen-bond donors (Lipinski definition) is 2. The summed E-state index contributed by atoms with van der Waals surface area (Å²) in [5, 5.41) is 23.1. The molecule has 0 aromatic heterocycles. The van der Waals surface area contributed by atoms with Gasteiger partial charge in [0.05, 0.1) is 24.4 Å². The lowest BCUT2D eigenvalue weighted by Gasteiger charge is -2.30. The first-order valence-electron chi connectivity index (χ1n) is 7.56. The molecule has 0 saturated heterocycles. The van der Waals surface area contributed by atoms with Gasteiger partial charge in [0.15, 0.2) is 0 Å². The van der Waals surface area contributed by atoms with Gasteiger partial charge >= 0.3 is 0 Å². The van der Waals surface area contributed by atoms with Crippen LogP contribution in [-0.4, -0.2) is 34.9 Å². The second-order valence-corrected chi connectivity index (χ2v) is 6.39. The third-order valence-electron chi connectivity index (χ3n) is 3.11. The molecule has 0 fully saturated rings. The van der Waals surface area contributed by atoms with Crippen LogP contribution >= 0.6 is 0 Å². The van der Waals surface area contributed by atoms with E-state index in [1.807, 2.05) is 27.7 Å². The van der Waals surface area contributed by atoms with Crippen molar-refractivity contribution < 1.29 is 40.1 Å². The molecule has 0 atom stereocenters. The molecule has 0 heterocycles. The first kappa shape index (κ1) is 21.7. The lowest BCUT2D eigenvalue weighted by molar-refractivity contribution is -0.491. The van der Waals surface area contributed by atoms with Crippen molar-refractivity contribution in [2.45, 2.75) is 77.4 Å². The van der Waals surface area contributed by atoms with Crippen molar-refractivity contribution >= 4 is 0 Å². The zero-order chi connectivity index (χ0) is 16.9. The van der Waals surface area contributed by atoms with E-state index >= 15 is 0 Å². The van der Waals surface area contributed by atoms with E-state index in [0.29, 0.717) is 13.2 Å². The van der Waals surface area contributed by atoms with Gasteiger partial charge in [-0.25, -0.2) is 30.1 Å². The molecule has 0 saturated carbocycles. The molecule has 134 valence electrons. The Morgan fingerprint density at radius 2 is 1.00 bits per heavy atom. The van der Waals surface area contributed by atoms with E-state index in [2.05, 4.69) is 19.9 Å². The highest BCUT2D eigenvalue weighted by molar-refractivity contribution is 4.69. The molecule has 0 aliphatic heterocycles. The third-order valence-corrected chi connectivity index (χ3v) is 3.11. The largest absolute Gasteiger partial charge is 0.230 e. The Bertz CT molecular complexity index is 231. The van der Waals surface area contributed by atoms with E-state index in [4.69, 9.17) is 20.3 Å². The summed E-state index contributed by atoms with van der Waals surface area (Å²) in [6.45, 7) is 8.49. The Balaban J connectivity index is 3.80. The van der Waals surface area contributed by atoms with Crippen LogP contribution in [0.5, 0.6) is 0 Å². The molecule has 0 aliphatic rings. The van der Waals surface area contributed by atoms with Crippen molar-refractivity contribution in [3.05, 3.63) is 0 Å². The van der Waals surface area contributed by atoms with Gasteiger partial charge in [0.25, 0.3) is 0 Å². The van der Waals surface area contributed by atoms with Crippen LogP contribution in [0.25, 0.3) is 0 Å². The van der Waals surface area contributed by atoms with Crippen LogP contribution in [0.1, 0.15) is 66.2 Å². The molecule has 0 aromatic rings. The number of rotatable bonds is 15. The van der Waals surface area contributed by atoms with Gasteiger partial charge in [0, 0.05) is 0 Å². The van der Waals surface area contributed by atoms with Gasteiger partial charge < -0.3 is 0 Å². The Hall–Kier alpha value is -0.320. The molecule has 0 unspecified atom stereocenters. The highest BCUT2D eigenvalue weighted by Gasteiger charge is 2.26. The van der Waals surface area contributed by atoms with Crippen LogP contribution in [0.4, 0.5) is 0 Å². The van der Waals surface area contributed by atoms with Crippen LogP contribution in [0.2, 0.25) is 0 Å². The van der Waals surface area contributed by atoms with Crippen molar-refractivity contribution in [3.63, 3.8) is 0 Å². The molecular weight excluding hydrogens is 296 g/mol. The Kier molecular flexibility index (Phi) is 12.0. The fourth-order valence-electron chi connectivity index (χ4n) is 1.81. The normalized spacial score (nSPS) is 12.8. The fraction of sp³-hybridized carbons (Fsp3) is 1.00. The summed E-state index contributed by atoms with van der Waals surface area (Å²) < 4.78 is 0. The zero-order valence-electron chi connectivity index (χ0n) is 14.0. The smallest absolute Gasteiger partial charge is 0.0980 e. The van der Waals surface area contributed by atoms with Gasteiger partial charge in [-0.15, -0.1) is 0 Å². The fourth-order valence-corrected chi connectivity index (χ4v) is 1.81. The second-order valence-electron chi connectivity index (χ2n) is 6.39. The maximum atomic E-state index is 8.02. The number of unbranched alkanes of at least 4 members (excludes halogenated alkanes) is 2.